The summed E-state index contributed by atoms with van der Waals surface area (Å²) in [5, 5.41) is 54.7. The first kappa shape index (κ1) is 78.9. The number of aliphatic hydroxyl groups excluding tert-OH is 5. The van der Waals surface area contributed by atoms with E-state index in [0.29, 0.717) is 6.42 Å². The third-order valence-electron chi connectivity index (χ3n) is 16.1. The molecule has 0 aromatic carbocycles. The summed E-state index contributed by atoms with van der Waals surface area (Å²) in [6, 6.07) is -0.810. The number of hydrogen-bond donors (Lipinski definition) is 6. The minimum Gasteiger partial charge on any atom is -0.394 e. The molecule has 1 heterocycles. The first-order valence-corrected chi connectivity index (χ1v) is 35.1. The maximum absolute atomic E-state index is 13.1. The lowest BCUT2D eigenvalue weighted by Gasteiger charge is -2.40. The molecule has 84 heavy (non-hydrogen) atoms. The van der Waals surface area contributed by atoms with E-state index >= 15 is 0 Å². The van der Waals surface area contributed by atoms with Crippen LogP contribution in [0.3, 0.4) is 0 Å². The molecule has 1 amide bonds. The van der Waals surface area contributed by atoms with Gasteiger partial charge in [0.1, 0.15) is 24.4 Å². The van der Waals surface area contributed by atoms with Crippen molar-refractivity contribution in [3.63, 3.8) is 0 Å². The number of nitrogens with one attached hydrogen (secondary N) is 1. The SMILES string of the molecule is CC/C=C\C/C=C\C/C=C\C/C=C\C/C=C\C/C=C\C/C=C\C/C=C\CCCCCCCCCCCCCCCCCCC(=O)NC(COC1OC(CO)C(O)C(O)C1O)C(O)/C=C/CCCCCCCCCCCCCCCCCCCC. The Hall–Kier alpha value is -3.15. The number of unbranched alkanes of at least 4 members (excludes halogenated alkanes) is 34. The van der Waals surface area contributed by atoms with E-state index in [1.807, 2.05) is 6.08 Å². The van der Waals surface area contributed by atoms with E-state index in [1.165, 1.54) is 193 Å². The molecule has 9 nitrogen and oxygen atoms in total. The zero-order valence-corrected chi connectivity index (χ0v) is 54.1. The van der Waals surface area contributed by atoms with Crippen LogP contribution in [0.5, 0.6) is 0 Å². The second-order valence-corrected chi connectivity index (χ2v) is 23.9. The zero-order valence-electron chi connectivity index (χ0n) is 54.1. The Bertz CT molecular complexity index is 1690. The van der Waals surface area contributed by atoms with Crippen LogP contribution >= 0.6 is 0 Å². The van der Waals surface area contributed by atoms with E-state index in [1.54, 1.807) is 6.08 Å². The van der Waals surface area contributed by atoms with Gasteiger partial charge in [-0.2, -0.15) is 0 Å². The second-order valence-electron chi connectivity index (χ2n) is 23.9. The van der Waals surface area contributed by atoms with Crippen LogP contribution in [-0.4, -0.2) is 87.5 Å². The van der Waals surface area contributed by atoms with Gasteiger partial charge in [0.25, 0.3) is 0 Å². The molecule has 6 N–H and O–H groups in total. The molecule has 7 atom stereocenters. The smallest absolute Gasteiger partial charge is 0.220 e. The van der Waals surface area contributed by atoms with Crippen LogP contribution in [0.15, 0.2) is 109 Å². The quantitative estimate of drug-likeness (QED) is 0.0261. The van der Waals surface area contributed by atoms with Crippen molar-refractivity contribution in [1.82, 2.24) is 5.32 Å². The fourth-order valence-corrected chi connectivity index (χ4v) is 10.6. The van der Waals surface area contributed by atoms with Gasteiger partial charge >= 0.3 is 0 Å². The summed E-state index contributed by atoms with van der Waals surface area (Å²) in [4.78, 5) is 13.1. The topological polar surface area (TPSA) is 149 Å². The minimum atomic E-state index is -1.57. The molecule has 0 aromatic heterocycles. The molecule has 7 unspecified atom stereocenters. The van der Waals surface area contributed by atoms with Crippen LogP contribution in [-0.2, 0) is 14.3 Å². The van der Waals surface area contributed by atoms with E-state index in [9.17, 15) is 30.3 Å². The number of rotatable bonds is 60. The largest absolute Gasteiger partial charge is 0.394 e. The zero-order chi connectivity index (χ0) is 60.7. The maximum atomic E-state index is 13.1. The Labute approximate surface area is 516 Å². The Morgan fingerprint density at radius 1 is 0.417 bits per heavy atom. The number of amides is 1. The Kier molecular flexibility index (Phi) is 59.0. The third kappa shape index (κ3) is 50.9. The van der Waals surface area contributed by atoms with E-state index in [2.05, 4.69) is 116 Å². The van der Waals surface area contributed by atoms with Crippen LogP contribution in [0.1, 0.15) is 303 Å². The number of carbonyl (C=O) groups excluding carboxylic acids is 1. The van der Waals surface area contributed by atoms with Crippen molar-refractivity contribution in [2.24, 2.45) is 0 Å². The molecule has 0 saturated carbocycles. The lowest BCUT2D eigenvalue weighted by atomic mass is 9.99. The van der Waals surface area contributed by atoms with Crippen molar-refractivity contribution < 1.29 is 39.8 Å². The highest BCUT2D eigenvalue weighted by molar-refractivity contribution is 5.76. The summed E-state index contributed by atoms with van der Waals surface area (Å²) < 4.78 is 11.3. The van der Waals surface area contributed by atoms with Crippen molar-refractivity contribution in [3.8, 4) is 0 Å². The van der Waals surface area contributed by atoms with Crippen molar-refractivity contribution >= 4 is 5.91 Å². The molecule has 1 aliphatic heterocycles. The summed E-state index contributed by atoms with van der Waals surface area (Å²) in [5.41, 5.74) is 0. The number of ether oxygens (including phenoxy) is 2. The van der Waals surface area contributed by atoms with Crippen LogP contribution in [0.4, 0.5) is 0 Å². The monoisotopic (exact) mass is 1170 g/mol. The second kappa shape index (κ2) is 62.9. The van der Waals surface area contributed by atoms with Gasteiger partial charge in [-0.25, -0.2) is 0 Å². The molecular formula is C75H131NO8. The summed E-state index contributed by atoms with van der Waals surface area (Å²) in [5.74, 6) is -0.176. The fraction of sp³-hybridized carbons (Fsp3) is 0.747. The number of hydrogen-bond acceptors (Lipinski definition) is 8. The van der Waals surface area contributed by atoms with Crippen LogP contribution in [0, 0.1) is 0 Å². The van der Waals surface area contributed by atoms with Gasteiger partial charge < -0.3 is 40.3 Å². The van der Waals surface area contributed by atoms with Crippen molar-refractivity contribution in [2.45, 2.75) is 346 Å². The predicted molar refractivity (Wildman–Crippen MR) is 359 cm³/mol. The Balaban J connectivity index is 2.10. The van der Waals surface area contributed by atoms with E-state index < -0.39 is 49.5 Å². The average Bonchev–Trinajstić information content (AvgIpc) is 3.70. The Morgan fingerprint density at radius 2 is 0.738 bits per heavy atom. The summed E-state index contributed by atoms with van der Waals surface area (Å²) >= 11 is 0. The summed E-state index contributed by atoms with van der Waals surface area (Å²) in [6.45, 7) is 3.69. The lowest BCUT2D eigenvalue weighted by molar-refractivity contribution is -0.302. The maximum Gasteiger partial charge on any atom is 0.220 e. The van der Waals surface area contributed by atoms with Gasteiger partial charge in [-0.05, 0) is 83.5 Å². The lowest BCUT2D eigenvalue weighted by Crippen LogP contribution is -2.60. The van der Waals surface area contributed by atoms with Gasteiger partial charge in [0.2, 0.25) is 5.91 Å². The highest BCUT2D eigenvalue weighted by atomic mass is 16.7. The molecule has 0 aliphatic carbocycles. The van der Waals surface area contributed by atoms with Gasteiger partial charge in [-0.15, -0.1) is 0 Å². The molecule has 9 heteroatoms. The molecule has 484 valence electrons. The first-order valence-electron chi connectivity index (χ1n) is 35.1. The number of carbonyl (C=O) groups is 1. The average molecular weight is 1170 g/mol. The summed E-state index contributed by atoms with van der Waals surface area (Å²) in [7, 11) is 0. The van der Waals surface area contributed by atoms with Crippen LogP contribution in [0.2, 0.25) is 0 Å². The van der Waals surface area contributed by atoms with Crippen molar-refractivity contribution in [2.75, 3.05) is 13.2 Å². The van der Waals surface area contributed by atoms with Crippen LogP contribution < -0.4 is 5.32 Å². The highest BCUT2D eigenvalue weighted by Crippen LogP contribution is 2.23. The van der Waals surface area contributed by atoms with E-state index in [-0.39, 0.29) is 12.5 Å². The normalized spacial score (nSPS) is 18.9. The standard InChI is InChI=1S/C75H131NO8/c1-3-5-7-9-11-13-15-17-19-21-23-25-26-27-28-29-30-31-32-33-34-35-36-37-38-39-40-41-42-43-44-45-47-49-51-53-55-57-59-61-63-65-71(79)76-68(67-83-75-74(82)73(81)72(80)70(66-77)84-75)69(78)64-62-60-58-56-54-52-50-48-46-24-22-20-18-16-14-12-10-8-6-4-2/h5,7,11,13,17,19,23,25,27-28,30-31,33-34,36-37,62,64,68-70,72-75,77-78,80-82H,3-4,6,8-10,12,14-16,18,20-22,24,26,29,32,35,38-61,63,65-67H2,1-2H3,(H,76,79)/b7-5-,13-11-,19-17-,25-23-,28-27-,31-30-,34-33-,37-36-,64-62+. The molecular weight excluding hydrogens is 1040 g/mol. The van der Waals surface area contributed by atoms with E-state index in [0.717, 1.165) is 89.9 Å². The van der Waals surface area contributed by atoms with Crippen LogP contribution in [0.25, 0.3) is 0 Å². The Morgan fingerprint density at radius 3 is 1.10 bits per heavy atom. The molecule has 1 aliphatic rings. The van der Waals surface area contributed by atoms with Gasteiger partial charge in [0.05, 0.1) is 25.4 Å². The fourth-order valence-electron chi connectivity index (χ4n) is 10.6. The molecule has 0 aromatic rings. The first-order chi connectivity index (χ1) is 41.3. The molecule has 0 bridgehead atoms. The van der Waals surface area contributed by atoms with E-state index in [4.69, 9.17) is 9.47 Å². The van der Waals surface area contributed by atoms with Gasteiger partial charge in [-0.1, -0.05) is 322 Å². The third-order valence-corrected chi connectivity index (χ3v) is 16.1. The van der Waals surface area contributed by atoms with Gasteiger partial charge in [0, 0.05) is 6.42 Å². The van der Waals surface area contributed by atoms with Crippen molar-refractivity contribution in [3.05, 3.63) is 109 Å². The highest BCUT2D eigenvalue weighted by Gasteiger charge is 2.44. The molecule has 0 spiro atoms. The van der Waals surface area contributed by atoms with Crippen molar-refractivity contribution in [1.29, 1.82) is 0 Å². The summed E-state index contributed by atoms with van der Waals surface area (Å²) in [6.07, 6.45) is 86.1. The number of aliphatic hydroxyl groups is 5. The number of allylic oxidation sites excluding steroid dienone is 17. The minimum absolute atomic E-state index is 0.176. The molecule has 1 rings (SSSR count). The van der Waals surface area contributed by atoms with Gasteiger partial charge in [0.15, 0.2) is 6.29 Å². The molecule has 1 saturated heterocycles. The van der Waals surface area contributed by atoms with Gasteiger partial charge in [-0.3, -0.25) is 4.79 Å². The predicted octanol–water partition coefficient (Wildman–Crippen LogP) is 19.2. The molecule has 1 fully saturated rings. The molecule has 0 radical (unpaired) electrons.